The van der Waals surface area contributed by atoms with Crippen LogP contribution in [0.25, 0.3) is 0 Å². The predicted octanol–water partition coefficient (Wildman–Crippen LogP) is 3.62. The molecule has 1 aromatic heterocycles. The molecule has 2 aliphatic heterocycles. The number of aromatic nitrogens is 1. The Bertz CT molecular complexity index is 859. The number of hydrogen-bond donors (Lipinski definition) is 2. The van der Waals surface area contributed by atoms with Crippen molar-refractivity contribution in [2.24, 2.45) is 5.92 Å². The average molecular weight is 409 g/mol. The third-order valence-corrected chi connectivity index (χ3v) is 6.85. The zero-order valence-corrected chi connectivity index (χ0v) is 17.9. The van der Waals surface area contributed by atoms with Crippen LogP contribution in [0.3, 0.4) is 0 Å². The van der Waals surface area contributed by atoms with Crippen molar-refractivity contribution in [1.29, 1.82) is 0 Å². The lowest BCUT2D eigenvalue weighted by Gasteiger charge is -2.49. The van der Waals surface area contributed by atoms with Gasteiger partial charge in [-0.3, -0.25) is 9.78 Å². The molecule has 0 aliphatic carbocycles. The van der Waals surface area contributed by atoms with Gasteiger partial charge in [0, 0.05) is 24.9 Å². The fourth-order valence-corrected chi connectivity index (χ4v) is 5.38. The van der Waals surface area contributed by atoms with E-state index in [9.17, 15) is 9.90 Å². The van der Waals surface area contributed by atoms with E-state index >= 15 is 0 Å². The number of ether oxygens (including phenoxy) is 1. The van der Waals surface area contributed by atoms with E-state index in [2.05, 4.69) is 41.5 Å². The van der Waals surface area contributed by atoms with Crippen molar-refractivity contribution in [1.82, 2.24) is 10.3 Å². The van der Waals surface area contributed by atoms with Gasteiger partial charge >= 0.3 is 0 Å². The number of hydrogen-bond acceptors (Lipinski definition) is 4. The summed E-state index contributed by atoms with van der Waals surface area (Å²) in [6, 6.07) is 14.3. The molecule has 2 fully saturated rings. The topological polar surface area (TPSA) is 71.5 Å². The van der Waals surface area contributed by atoms with E-state index < -0.39 is 11.7 Å². The molecule has 4 rings (SSSR count). The number of pyridine rings is 1. The predicted molar refractivity (Wildman–Crippen MR) is 116 cm³/mol. The summed E-state index contributed by atoms with van der Waals surface area (Å²) in [6.07, 6.45) is 6.55. The molecule has 1 aromatic carbocycles. The van der Waals surface area contributed by atoms with Crippen molar-refractivity contribution in [3.05, 3.63) is 66.0 Å². The second-order valence-electron chi connectivity index (χ2n) is 9.47. The maximum atomic E-state index is 12.4. The fraction of sp³-hybridized carbons (Fsp3) is 0.520. The highest BCUT2D eigenvalue weighted by molar-refractivity contribution is 5.78. The molecule has 30 heavy (non-hydrogen) atoms. The van der Waals surface area contributed by atoms with E-state index in [0.717, 1.165) is 31.2 Å². The van der Waals surface area contributed by atoms with Gasteiger partial charge in [0.25, 0.3) is 0 Å². The highest BCUT2D eigenvalue weighted by Crippen LogP contribution is 2.50. The van der Waals surface area contributed by atoms with Crippen molar-refractivity contribution in [3.8, 4) is 0 Å². The van der Waals surface area contributed by atoms with Gasteiger partial charge in [-0.05, 0) is 62.6 Å². The van der Waals surface area contributed by atoms with Crippen LogP contribution in [0.5, 0.6) is 0 Å². The van der Waals surface area contributed by atoms with Gasteiger partial charge in [0.1, 0.15) is 0 Å². The van der Waals surface area contributed by atoms with E-state index in [4.69, 9.17) is 4.74 Å². The van der Waals surface area contributed by atoms with E-state index in [1.165, 1.54) is 5.56 Å². The van der Waals surface area contributed by atoms with Crippen molar-refractivity contribution in [2.75, 3.05) is 6.54 Å². The number of nitrogens with one attached hydrogen (secondary N) is 1. The minimum Gasteiger partial charge on any atom is -0.390 e. The van der Waals surface area contributed by atoms with Crippen molar-refractivity contribution >= 4 is 5.91 Å². The van der Waals surface area contributed by atoms with Gasteiger partial charge in [-0.1, -0.05) is 36.4 Å². The monoisotopic (exact) mass is 408 g/mol. The van der Waals surface area contributed by atoms with Gasteiger partial charge < -0.3 is 15.2 Å². The summed E-state index contributed by atoms with van der Waals surface area (Å²) in [5.41, 5.74) is 1.32. The number of nitrogens with zero attached hydrogens (tertiary/aromatic N) is 1. The third-order valence-electron chi connectivity index (χ3n) is 6.85. The number of carbonyl (C=O) groups excluding carboxylic acids is 1. The first-order valence-electron chi connectivity index (χ1n) is 11.0. The lowest BCUT2D eigenvalue weighted by molar-refractivity contribution is -0.215. The summed E-state index contributed by atoms with van der Waals surface area (Å²) in [5.74, 6) is 0.301. The Morgan fingerprint density at radius 1 is 1.20 bits per heavy atom. The van der Waals surface area contributed by atoms with Gasteiger partial charge in [-0.2, -0.15) is 0 Å². The number of amides is 1. The number of rotatable bonds is 5. The summed E-state index contributed by atoms with van der Waals surface area (Å²) >= 11 is 0. The Morgan fingerprint density at radius 3 is 2.73 bits per heavy atom. The molecule has 2 aromatic rings. The molecule has 5 heteroatoms. The molecule has 1 amide bonds. The van der Waals surface area contributed by atoms with Crippen LogP contribution in [0.2, 0.25) is 0 Å². The molecule has 2 aliphatic rings. The van der Waals surface area contributed by atoms with Gasteiger partial charge in [0.2, 0.25) is 5.91 Å². The molecule has 2 saturated heterocycles. The summed E-state index contributed by atoms with van der Waals surface area (Å²) in [5, 5.41) is 14.3. The Labute approximate surface area is 178 Å². The highest BCUT2D eigenvalue weighted by Gasteiger charge is 2.52. The first kappa shape index (κ1) is 21.0. The van der Waals surface area contributed by atoms with Crippen LogP contribution < -0.4 is 5.32 Å². The molecule has 5 atom stereocenters. The van der Waals surface area contributed by atoms with Crippen molar-refractivity contribution in [2.45, 2.75) is 69.2 Å². The second kappa shape index (κ2) is 8.48. The zero-order valence-electron chi connectivity index (χ0n) is 17.9. The Hall–Kier alpha value is -2.24. The maximum absolute atomic E-state index is 12.4. The van der Waals surface area contributed by atoms with E-state index in [1.807, 2.05) is 25.1 Å². The molecule has 0 spiro atoms. The molecular weight excluding hydrogens is 376 g/mol. The van der Waals surface area contributed by atoms with E-state index in [1.54, 1.807) is 12.4 Å². The van der Waals surface area contributed by atoms with Crippen LogP contribution in [0.1, 0.15) is 56.6 Å². The Kier molecular flexibility index (Phi) is 5.94. The lowest BCUT2D eigenvalue weighted by atomic mass is 9.74. The molecule has 0 saturated carbocycles. The first-order chi connectivity index (χ1) is 14.4. The van der Waals surface area contributed by atoms with Crippen molar-refractivity contribution < 1.29 is 14.6 Å². The summed E-state index contributed by atoms with van der Waals surface area (Å²) in [6.45, 7) is 4.68. The molecule has 5 nitrogen and oxygen atoms in total. The van der Waals surface area contributed by atoms with Crippen LogP contribution in [-0.4, -0.2) is 39.8 Å². The van der Waals surface area contributed by atoms with Crippen molar-refractivity contribution in [3.63, 3.8) is 0 Å². The van der Waals surface area contributed by atoms with E-state index in [-0.39, 0.29) is 17.4 Å². The summed E-state index contributed by atoms with van der Waals surface area (Å²) < 4.78 is 6.55. The summed E-state index contributed by atoms with van der Waals surface area (Å²) in [7, 11) is 0. The number of carbonyl (C=O) groups is 1. The largest absolute Gasteiger partial charge is 0.390 e. The van der Waals surface area contributed by atoms with Crippen LogP contribution in [-0.2, 0) is 16.0 Å². The van der Waals surface area contributed by atoms with Crippen LogP contribution in [0.4, 0.5) is 0 Å². The minimum absolute atomic E-state index is 0.0239. The Morgan fingerprint density at radius 2 is 2.00 bits per heavy atom. The molecule has 0 radical (unpaired) electrons. The number of aliphatic hydroxyl groups excluding tert-OH is 1. The molecule has 0 unspecified atom stereocenters. The van der Waals surface area contributed by atoms with Crippen LogP contribution in [0, 0.1) is 5.92 Å². The van der Waals surface area contributed by atoms with Gasteiger partial charge in [0.15, 0.2) is 0 Å². The van der Waals surface area contributed by atoms with Crippen LogP contribution >= 0.6 is 0 Å². The Balaban J connectivity index is 1.44. The quantitative estimate of drug-likeness (QED) is 0.793. The van der Waals surface area contributed by atoms with Crippen LogP contribution in [0.15, 0.2) is 54.9 Å². The second-order valence-corrected chi connectivity index (χ2v) is 9.47. The lowest BCUT2D eigenvalue weighted by Crippen LogP contribution is -2.54. The molecule has 160 valence electrons. The van der Waals surface area contributed by atoms with Gasteiger partial charge in [0.05, 0.1) is 23.7 Å². The van der Waals surface area contributed by atoms with Gasteiger partial charge in [-0.15, -0.1) is 0 Å². The molecular formula is C25H32N2O3. The molecule has 3 heterocycles. The fourth-order valence-electron chi connectivity index (χ4n) is 5.38. The average Bonchev–Trinajstić information content (AvgIpc) is 2.80. The third kappa shape index (κ3) is 4.57. The molecule has 2 bridgehead atoms. The number of fused-ring (bicyclic) bond motifs is 2. The standard InChI is InChI=1S/C25H32N2O3/c1-24-11-10-20(17-27-22(28)13-18-7-6-12-26-16-18)23(29)25(2,30-24)15-21(14-24)19-8-4-3-5-9-19/h3-9,12,16,20-21,23,29H,10-11,13-15,17H2,1-2H3,(H,27,28)/t20-,21-,23-,24-,25-/m0/s1. The number of benzene rings is 1. The van der Waals surface area contributed by atoms with Gasteiger partial charge in [-0.25, -0.2) is 0 Å². The smallest absolute Gasteiger partial charge is 0.224 e. The first-order valence-corrected chi connectivity index (χ1v) is 11.0. The SMILES string of the molecule is C[C@]12CC[C@@H](CNC(=O)Cc3cccnc3)[C@H](O)[C@](C)(C[C@@H](c3ccccc3)C1)O2. The summed E-state index contributed by atoms with van der Waals surface area (Å²) in [4.78, 5) is 16.5. The normalized spacial score (nSPS) is 33.5. The molecule has 2 N–H and O–H groups in total. The van der Waals surface area contributed by atoms with E-state index in [0.29, 0.717) is 18.9 Å². The minimum atomic E-state index is -0.622. The maximum Gasteiger partial charge on any atom is 0.224 e. The highest BCUT2D eigenvalue weighted by atomic mass is 16.5. The number of aliphatic hydroxyl groups is 1. The zero-order chi connectivity index (χ0) is 21.2.